The molecule has 0 radical (unpaired) electrons. The number of hydrogen-bond donors (Lipinski definition) is 1. The maximum Gasteiger partial charge on any atom is 0.252 e. The molecule has 15 heavy (non-hydrogen) atoms. The van der Waals surface area contributed by atoms with Crippen LogP contribution in [-0.2, 0) is 0 Å². The lowest BCUT2D eigenvalue weighted by Crippen LogP contribution is -2.23. The minimum Gasteiger partial charge on any atom is -0.341 e. The molecular weight excluding hydrogens is 212 g/mol. The van der Waals surface area contributed by atoms with Crippen LogP contribution in [0.4, 0.5) is 0 Å². The van der Waals surface area contributed by atoms with Crippen molar-refractivity contribution < 1.29 is 4.79 Å². The van der Waals surface area contributed by atoms with E-state index in [0.717, 1.165) is 0 Å². The van der Waals surface area contributed by atoms with Gasteiger partial charge in [-0.1, -0.05) is 17.5 Å². The number of halogens is 1. The van der Waals surface area contributed by atoms with Gasteiger partial charge in [0.1, 0.15) is 5.15 Å². The summed E-state index contributed by atoms with van der Waals surface area (Å²) in [5.41, 5.74) is 1.22. The average molecular weight is 223 g/mol. The monoisotopic (exact) mass is 222 g/mol. The van der Waals surface area contributed by atoms with E-state index in [1.165, 1.54) is 6.07 Å². The van der Waals surface area contributed by atoms with Crippen molar-refractivity contribution in [1.29, 1.82) is 0 Å². The van der Waals surface area contributed by atoms with Crippen LogP contribution in [0.2, 0.25) is 5.15 Å². The van der Waals surface area contributed by atoms with Crippen molar-refractivity contribution in [3.05, 3.63) is 28.5 Å². The molecular formula is C11H11ClN2O. The first-order valence-electron chi connectivity index (χ1n) is 4.45. The Labute approximate surface area is 93.9 Å². The molecule has 0 aromatic carbocycles. The minimum atomic E-state index is -0.190. The molecule has 4 heteroatoms. The zero-order valence-electron chi connectivity index (χ0n) is 8.60. The highest BCUT2D eigenvalue weighted by Crippen LogP contribution is 2.09. The zero-order valence-corrected chi connectivity index (χ0v) is 9.35. The Morgan fingerprint density at radius 2 is 2.33 bits per heavy atom. The Bertz CT molecular complexity index is 412. The van der Waals surface area contributed by atoms with Gasteiger partial charge in [0.2, 0.25) is 0 Å². The summed E-state index contributed by atoms with van der Waals surface area (Å²) >= 11 is 5.74. The van der Waals surface area contributed by atoms with Crippen LogP contribution in [0.25, 0.3) is 0 Å². The number of aryl methyl sites for hydroxylation is 1. The van der Waals surface area contributed by atoms with Crippen molar-refractivity contribution in [3.8, 4) is 11.8 Å². The molecule has 0 atom stereocenters. The highest BCUT2D eigenvalue weighted by Gasteiger charge is 2.06. The second-order valence-corrected chi connectivity index (χ2v) is 3.32. The van der Waals surface area contributed by atoms with Gasteiger partial charge in [0.15, 0.2) is 0 Å². The van der Waals surface area contributed by atoms with E-state index in [4.69, 9.17) is 11.6 Å². The van der Waals surface area contributed by atoms with Crippen LogP contribution in [0.3, 0.4) is 0 Å². The number of nitrogens with zero attached hydrogens (tertiary/aromatic N) is 1. The molecule has 0 fully saturated rings. The fourth-order valence-corrected chi connectivity index (χ4v) is 1.32. The molecule has 0 aliphatic carbocycles. The van der Waals surface area contributed by atoms with Crippen LogP contribution in [0, 0.1) is 18.8 Å². The van der Waals surface area contributed by atoms with Gasteiger partial charge in [-0.2, -0.15) is 0 Å². The number of carbonyl (C=O) groups is 1. The molecule has 1 heterocycles. The summed E-state index contributed by atoms with van der Waals surface area (Å²) in [6.07, 6.45) is 0. The summed E-state index contributed by atoms with van der Waals surface area (Å²) in [5.74, 6) is 5.25. The molecule has 3 nitrogen and oxygen atoms in total. The Morgan fingerprint density at radius 3 is 2.93 bits per heavy atom. The van der Waals surface area contributed by atoms with Gasteiger partial charge in [0, 0.05) is 11.3 Å². The molecule has 0 unspecified atom stereocenters. The van der Waals surface area contributed by atoms with Crippen LogP contribution in [0.15, 0.2) is 12.1 Å². The van der Waals surface area contributed by atoms with E-state index in [1.54, 1.807) is 19.9 Å². The quantitative estimate of drug-likeness (QED) is 0.613. The molecule has 1 aromatic rings. The van der Waals surface area contributed by atoms with Crippen LogP contribution in [-0.4, -0.2) is 17.4 Å². The Hall–Kier alpha value is -1.53. The highest BCUT2D eigenvalue weighted by atomic mass is 35.5. The third-order valence-corrected chi connectivity index (χ3v) is 1.89. The summed E-state index contributed by atoms with van der Waals surface area (Å²) < 4.78 is 0. The predicted molar refractivity (Wildman–Crippen MR) is 59.8 cm³/mol. The van der Waals surface area contributed by atoms with E-state index in [9.17, 15) is 4.79 Å². The third-order valence-electron chi connectivity index (χ3n) is 1.70. The van der Waals surface area contributed by atoms with E-state index < -0.39 is 0 Å². The van der Waals surface area contributed by atoms with Gasteiger partial charge in [-0.05, 0) is 26.0 Å². The lowest BCUT2D eigenvalue weighted by atomic mass is 10.2. The SMILES string of the molecule is CC#CCNC(=O)c1cc(C)nc(Cl)c1. The lowest BCUT2D eigenvalue weighted by molar-refractivity contribution is 0.0958. The van der Waals surface area contributed by atoms with Crippen molar-refractivity contribution in [1.82, 2.24) is 10.3 Å². The molecule has 0 aliphatic heterocycles. The zero-order chi connectivity index (χ0) is 11.3. The van der Waals surface area contributed by atoms with Crippen LogP contribution in [0.1, 0.15) is 23.0 Å². The summed E-state index contributed by atoms with van der Waals surface area (Å²) in [7, 11) is 0. The summed E-state index contributed by atoms with van der Waals surface area (Å²) in [4.78, 5) is 15.5. The molecule has 0 aliphatic rings. The standard InChI is InChI=1S/C11H11ClN2O/c1-3-4-5-13-11(15)9-6-8(2)14-10(12)7-9/h6-7H,5H2,1-2H3,(H,13,15). The summed E-state index contributed by atoms with van der Waals surface area (Å²) in [6, 6.07) is 3.21. The van der Waals surface area contributed by atoms with E-state index in [2.05, 4.69) is 22.1 Å². The maximum atomic E-state index is 11.6. The molecule has 1 amide bonds. The van der Waals surface area contributed by atoms with Crippen LogP contribution >= 0.6 is 11.6 Å². The van der Waals surface area contributed by atoms with Gasteiger partial charge in [-0.25, -0.2) is 4.98 Å². The van der Waals surface area contributed by atoms with E-state index in [-0.39, 0.29) is 5.91 Å². The van der Waals surface area contributed by atoms with Crippen molar-refractivity contribution in [2.45, 2.75) is 13.8 Å². The molecule has 1 aromatic heterocycles. The number of nitrogens with one attached hydrogen (secondary N) is 1. The van der Waals surface area contributed by atoms with Crippen molar-refractivity contribution >= 4 is 17.5 Å². The van der Waals surface area contributed by atoms with Gasteiger partial charge in [-0.3, -0.25) is 4.79 Å². The van der Waals surface area contributed by atoms with Crippen LogP contribution < -0.4 is 5.32 Å². The molecule has 78 valence electrons. The predicted octanol–water partition coefficient (Wildman–Crippen LogP) is 1.80. The van der Waals surface area contributed by atoms with Crippen molar-refractivity contribution in [2.75, 3.05) is 6.54 Å². The first-order valence-corrected chi connectivity index (χ1v) is 4.83. The minimum absolute atomic E-state index is 0.190. The molecule has 1 rings (SSSR count). The first kappa shape index (κ1) is 11.5. The number of aromatic nitrogens is 1. The highest BCUT2D eigenvalue weighted by molar-refractivity contribution is 6.29. The third kappa shape index (κ3) is 3.61. The second kappa shape index (κ2) is 5.38. The van der Waals surface area contributed by atoms with Crippen LogP contribution in [0.5, 0.6) is 0 Å². The Kier molecular flexibility index (Phi) is 4.14. The molecule has 1 N–H and O–H groups in total. The normalized spacial score (nSPS) is 9.00. The largest absolute Gasteiger partial charge is 0.341 e. The van der Waals surface area contributed by atoms with Gasteiger partial charge in [-0.15, -0.1) is 5.92 Å². The van der Waals surface area contributed by atoms with Gasteiger partial charge in [0.25, 0.3) is 5.91 Å². The van der Waals surface area contributed by atoms with E-state index in [1.807, 2.05) is 0 Å². The number of carbonyl (C=O) groups excluding carboxylic acids is 1. The maximum absolute atomic E-state index is 11.6. The number of amides is 1. The smallest absolute Gasteiger partial charge is 0.252 e. The topological polar surface area (TPSA) is 42.0 Å². The van der Waals surface area contributed by atoms with Gasteiger partial charge < -0.3 is 5.32 Å². The summed E-state index contributed by atoms with van der Waals surface area (Å²) in [5, 5.41) is 2.98. The number of hydrogen-bond acceptors (Lipinski definition) is 2. The Morgan fingerprint density at radius 1 is 1.60 bits per heavy atom. The number of rotatable bonds is 2. The van der Waals surface area contributed by atoms with E-state index >= 15 is 0 Å². The molecule has 0 bridgehead atoms. The van der Waals surface area contributed by atoms with Crippen molar-refractivity contribution in [2.24, 2.45) is 0 Å². The number of pyridine rings is 1. The Balaban J connectivity index is 2.76. The fourth-order valence-electron chi connectivity index (χ4n) is 1.07. The average Bonchev–Trinajstić information content (AvgIpc) is 2.16. The summed E-state index contributed by atoms with van der Waals surface area (Å²) in [6.45, 7) is 3.85. The molecule has 0 saturated heterocycles. The molecule has 0 spiro atoms. The fraction of sp³-hybridized carbons (Fsp3) is 0.273. The van der Waals surface area contributed by atoms with Crippen molar-refractivity contribution in [3.63, 3.8) is 0 Å². The lowest BCUT2D eigenvalue weighted by Gasteiger charge is -2.02. The van der Waals surface area contributed by atoms with Gasteiger partial charge >= 0.3 is 0 Å². The molecule has 0 saturated carbocycles. The second-order valence-electron chi connectivity index (χ2n) is 2.93. The van der Waals surface area contributed by atoms with Gasteiger partial charge in [0.05, 0.1) is 6.54 Å². The van der Waals surface area contributed by atoms with E-state index in [0.29, 0.717) is 23.0 Å². The first-order chi connectivity index (χ1) is 7.13.